The monoisotopic (exact) mass is 351 g/mol. The van der Waals surface area contributed by atoms with E-state index in [4.69, 9.17) is 16.3 Å². The van der Waals surface area contributed by atoms with Crippen LogP contribution < -0.4 is 5.32 Å². The number of rotatable bonds is 6. The number of amides is 1. The molecular weight excluding hydrogens is 334 g/mol. The molecule has 1 amide bonds. The van der Waals surface area contributed by atoms with Crippen molar-refractivity contribution in [1.29, 1.82) is 0 Å². The quantitative estimate of drug-likeness (QED) is 0.767. The summed E-state index contributed by atoms with van der Waals surface area (Å²) in [6.45, 7) is 3.96. The van der Waals surface area contributed by atoms with Crippen LogP contribution in [-0.2, 0) is 9.53 Å². The second-order valence-corrected chi connectivity index (χ2v) is 6.87. The minimum Gasteiger partial charge on any atom is -0.451 e. The average molecular weight is 352 g/mol. The maximum atomic E-state index is 11.8. The molecule has 2 aromatic rings. The summed E-state index contributed by atoms with van der Waals surface area (Å²) < 4.78 is 5.46. The molecule has 0 unspecified atom stereocenters. The topological polar surface area (TPSA) is 55.4 Å². The van der Waals surface area contributed by atoms with E-state index >= 15 is 0 Å². The van der Waals surface area contributed by atoms with Gasteiger partial charge in [-0.25, -0.2) is 4.79 Å². The Morgan fingerprint density at radius 1 is 1.22 bits per heavy atom. The lowest BCUT2D eigenvalue weighted by molar-refractivity contribution is -0.119. The molecule has 1 N–H and O–H groups in total. The van der Waals surface area contributed by atoms with Crippen LogP contribution in [0.25, 0.3) is 0 Å². The molecule has 1 heterocycles. The van der Waals surface area contributed by atoms with E-state index in [-0.39, 0.29) is 12.5 Å². The van der Waals surface area contributed by atoms with E-state index in [0.717, 1.165) is 17.8 Å². The van der Waals surface area contributed by atoms with Crippen LogP contribution in [0.3, 0.4) is 0 Å². The third kappa shape index (κ3) is 5.08. The highest BCUT2D eigenvalue weighted by Crippen LogP contribution is 2.22. The summed E-state index contributed by atoms with van der Waals surface area (Å²) in [7, 11) is 0. The number of nitrogens with one attached hydrogen (secondary N) is 1. The summed E-state index contributed by atoms with van der Waals surface area (Å²) in [4.78, 5) is 23.9. The van der Waals surface area contributed by atoms with Gasteiger partial charge in [-0.3, -0.25) is 4.79 Å². The second-order valence-electron chi connectivity index (χ2n) is 5.16. The van der Waals surface area contributed by atoms with Crippen molar-refractivity contribution in [2.45, 2.75) is 26.2 Å². The molecule has 0 aliphatic rings. The molecule has 122 valence electrons. The van der Waals surface area contributed by atoms with E-state index in [1.54, 1.807) is 12.1 Å². The SMILES string of the molecule is CC[C@H](C)c1ccc(NC(=O)COC(=O)c2ccc(Cl)s2)cc1. The first-order valence-corrected chi connectivity index (χ1v) is 8.51. The number of hydrogen-bond donors (Lipinski definition) is 1. The highest BCUT2D eigenvalue weighted by molar-refractivity contribution is 7.17. The maximum absolute atomic E-state index is 11.8. The molecule has 0 aliphatic heterocycles. The fourth-order valence-electron chi connectivity index (χ4n) is 1.95. The number of ether oxygens (including phenoxy) is 1. The van der Waals surface area contributed by atoms with Crippen LogP contribution >= 0.6 is 22.9 Å². The molecule has 23 heavy (non-hydrogen) atoms. The van der Waals surface area contributed by atoms with Crippen molar-refractivity contribution in [3.8, 4) is 0 Å². The van der Waals surface area contributed by atoms with Crippen molar-refractivity contribution < 1.29 is 14.3 Å². The van der Waals surface area contributed by atoms with E-state index in [1.807, 2.05) is 24.3 Å². The van der Waals surface area contributed by atoms with Gasteiger partial charge < -0.3 is 10.1 Å². The number of hydrogen-bond acceptors (Lipinski definition) is 4. The van der Waals surface area contributed by atoms with E-state index in [1.165, 1.54) is 5.56 Å². The van der Waals surface area contributed by atoms with Gasteiger partial charge in [0.25, 0.3) is 5.91 Å². The number of anilines is 1. The molecule has 0 aliphatic carbocycles. The van der Waals surface area contributed by atoms with Crippen molar-refractivity contribution in [2.24, 2.45) is 0 Å². The molecule has 6 heteroatoms. The Labute approximate surface area is 144 Å². The smallest absolute Gasteiger partial charge is 0.348 e. The van der Waals surface area contributed by atoms with Gasteiger partial charge in [0, 0.05) is 5.69 Å². The van der Waals surface area contributed by atoms with Crippen LogP contribution in [0.5, 0.6) is 0 Å². The van der Waals surface area contributed by atoms with Crippen LogP contribution in [-0.4, -0.2) is 18.5 Å². The van der Waals surface area contributed by atoms with Gasteiger partial charge in [-0.15, -0.1) is 11.3 Å². The van der Waals surface area contributed by atoms with Crippen LogP contribution in [0.1, 0.15) is 41.4 Å². The Morgan fingerprint density at radius 2 is 1.91 bits per heavy atom. The molecule has 0 saturated carbocycles. The van der Waals surface area contributed by atoms with Gasteiger partial charge in [0.1, 0.15) is 4.88 Å². The first kappa shape index (κ1) is 17.5. The Bertz CT molecular complexity index is 681. The largest absolute Gasteiger partial charge is 0.451 e. The van der Waals surface area contributed by atoms with Crippen molar-refractivity contribution in [3.63, 3.8) is 0 Å². The molecule has 1 aromatic heterocycles. The van der Waals surface area contributed by atoms with Crippen LogP contribution in [0.4, 0.5) is 5.69 Å². The van der Waals surface area contributed by atoms with Gasteiger partial charge in [-0.2, -0.15) is 0 Å². The lowest BCUT2D eigenvalue weighted by atomic mass is 9.99. The first-order valence-electron chi connectivity index (χ1n) is 7.32. The Kier molecular flexibility index (Phi) is 6.19. The van der Waals surface area contributed by atoms with E-state index in [2.05, 4.69) is 19.2 Å². The van der Waals surface area contributed by atoms with Gasteiger partial charge in [-0.05, 0) is 42.2 Å². The summed E-state index contributed by atoms with van der Waals surface area (Å²) in [5, 5.41) is 2.70. The zero-order chi connectivity index (χ0) is 16.8. The normalized spacial score (nSPS) is 11.8. The van der Waals surface area contributed by atoms with Crippen LogP contribution in [0, 0.1) is 0 Å². The van der Waals surface area contributed by atoms with Crippen molar-refractivity contribution >= 4 is 40.5 Å². The van der Waals surface area contributed by atoms with Gasteiger partial charge in [0.05, 0.1) is 4.34 Å². The molecule has 0 saturated heterocycles. The Balaban J connectivity index is 1.83. The molecular formula is C17H18ClNO3S. The van der Waals surface area contributed by atoms with Crippen molar-refractivity contribution in [1.82, 2.24) is 0 Å². The summed E-state index contributed by atoms with van der Waals surface area (Å²) in [5.74, 6) is -0.445. The van der Waals surface area contributed by atoms with Gasteiger partial charge in [-0.1, -0.05) is 37.6 Å². The van der Waals surface area contributed by atoms with Crippen LogP contribution in [0.15, 0.2) is 36.4 Å². The number of halogens is 1. The third-order valence-corrected chi connectivity index (χ3v) is 4.70. The molecule has 2 rings (SSSR count). The summed E-state index contributed by atoms with van der Waals surface area (Å²) in [6, 6.07) is 10.9. The number of esters is 1. The van der Waals surface area contributed by atoms with E-state index < -0.39 is 5.97 Å². The number of benzene rings is 1. The first-order chi connectivity index (χ1) is 11.0. The fourth-order valence-corrected chi connectivity index (χ4v) is 2.89. The average Bonchev–Trinajstić information content (AvgIpc) is 2.99. The zero-order valence-electron chi connectivity index (χ0n) is 13.0. The summed E-state index contributed by atoms with van der Waals surface area (Å²) in [5.41, 5.74) is 1.91. The molecule has 0 radical (unpaired) electrons. The fraction of sp³-hybridized carbons (Fsp3) is 0.294. The molecule has 0 fully saturated rings. The molecule has 0 spiro atoms. The zero-order valence-corrected chi connectivity index (χ0v) is 14.5. The highest BCUT2D eigenvalue weighted by atomic mass is 35.5. The predicted molar refractivity (Wildman–Crippen MR) is 93.4 cm³/mol. The summed E-state index contributed by atoms with van der Waals surface area (Å²) >= 11 is 6.87. The van der Waals surface area contributed by atoms with E-state index in [9.17, 15) is 9.59 Å². The van der Waals surface area contributed by atoms with E-state index in [0.29, 0.717) is 20.8 Å². The molecule has 4 nitrogen and oxygen atoms in total. The Morgan fingerprint density at radius 3 is 2.48 bits per heavy atom. The highest BCUT2D eigenvalue weighted by Gasteiger charge is 2.12. The Hall–Kier alpha value is -1.85. The molecule has 1 aromatic carbocycles. The number of thiophene rings is 1. The van der Waals surface area contributed by atoms with Crippen molar-refractivity contribution in [3.05, 3.63) is 51.2 Å². The summed E-state index contributed by atoms with van der Waals surface area (Å²) in [6.07, 6.45) is 1.06. The van der Waals surface area contributed by atoms with Crippen LogP contribution in [0.2, 0.25) is 4.34 Å². The minimum atomic E-state index is -0.552. The minimum absolute atomic E-state index is 0.332. The maximum Gasteiger partial charge on any atom is 0.348 e. The van der Waals surface area contributed by atoms with Crippen molar-refractivity contribution in [2.75, 3.05) is 11.9 Å². The number of carbonyl (C=O) groups is 2. The standard InChI is InChI=1S/C17H18ClNO3S/c1-3-11(2)12-4-6-13(7-5-12)19-16(20)10-22-17(21)14-8-9-15(18)23-14/h4-9,11H,3,10H2,1-2H3,(H,19,20)/t11-/m0/s1. The predicted octanol–water partition coefficient (Wildman–Crippen LogP) is 4.71. The second kappa shape index (κ2) is 8.13. The van der Waals surface area contributed by atoms with Gasteiger partial charge in [0.2, 0.25) is 0 Å². The number of carbonyl (C=O) groups excluding carboxylic acids is 2. The third-order valence-electron chi connectivity index (χ3n) is 3.48. The lowest BCUT2D eigenvalue weighted by Crippen LogP contribution is -2.20. The molecule has 1 atom stereocenters. The molecule has 0 bridgehead atoms. The lowest BCUT2D eigenvalue weighted by Gasteiger charge is -2.10. The van der Waals surface area contributed by atoms with Gasteiger partial charge in [0.15, 0.2) is 6.61 Å². The van der Waals surface area contributed by atoms with Gasteiger partial charge >= 0.3 is 5.97 Å².